The molecule has 1 saturated heterocycles. The van der Waals surface area contributed by atoms with Gasteiger partial charge in [0.15, 0.2) is 0 Å². The Morgan fingerprint density at radius 2 is 1.85 bits per heavy atom. The second-order valence-corrected chi connectivity index (χ2v) is 11.3. The first kappa shape index (κ1) is 25.2. The molecule has 178 valence electrons. The number of amides is 2. The molecular formula is C24H30ClN3O4S. The molecule has 0 unspecified atom stereocenters. The van der Waals surface area contributed by atoms with E-state index in [9.17, 15) is 18.0 Å². The molecule has 3 rings (SSSR count). The van der Waals surface area contributed by atoms with E-state index in [4.69, 9.17) is 11.6 Å². The van der Waals surface area contributed by atoms with Crippen LogP contribution in [0, 0.1) is 12.8 Å². The molecule has 0 aromatic heterocycles. The van der Waals surface area contributed by atoms with Gasteiger partial charge in [-0.05, 0) is 62.1 Å². The maximum atomic E-state index is 13.5. The van der Waals surface area contributed by atoms with Crippen LogP contribution in [0.1, 0.15) is 32.8 Å². The summed E-state index contributed by atoms with van der Waals surface area (Å²) in [5, 5.41) is 3.42. The molecule has 2 amide bonds. The largest absolute Gasteiger partial charge is 0.354 e. The minimum absolute atomic E-state index is 0.0801. The highest BCUT2D eigenvalue weighted by Gasteiger charge is 2.51. The average molecular weight is 492 g/mol. The molecule has 1 fully saturated rings. The van der Waals surface area contributed by atoms with Crippen molar-refractivity contribution in [1.82, 2.24) is 9.62 Å². The van der Waals surface area contributed by atoms with Crippen LogP contribution in [0.2, 0.25) is 5.02 Å². The SMILES string of the molecule is Cc1cc(Cl)ccc1N1C(=O)CN(S(=O)(=O)c2ccccc2)C[C@@]1(C)C(=O)NCCC(C)C. The van der Waals surface area contributed by atoms with Crippen LogP contribution in [0.5, 0.6) is 0 Å². The Kier molecular flexibility index (Phi) is 7.51. The highest BCUT2D eigenvalue weighted by molar-refractivity contribution is 7.89. The second-order valence-electron chi connectivity index (χ2n) is 8.96. The van der Waals surface area contributed by atoms with E-state index >= 15 is 0 Å². The number of carbonyl (C=O) groups excluding carboxylic acids is 2. The lowest BCUT2D eigenvalue weighted by Crippen LogP contribution is -2.70. The monoisotopic (exact) mass is 491 g/mol. The zero-order valence-electron chi connectivity index (χ0n) is 19.3. The number of hydrogen-bond donors (Lipinski definition) is 1. The first-order valence-electron chi connectivity index (χ1n) is 10.9. The van der Waals surface area contributed by atoms with E-state index in [2.05, 4.69) is 19.2 Å². The Labute approximate surface area is 200 Å². The average Bonchev–Trinajstić information content (AvgIpc) is 2.75. The van der Waals surface area contributed by atoms with E-state index in [0.717, 1.165) is 16.3 Å². The van der Waals surface area contributed by atoms with Crippen molar-refractivity contribution in [2.75, 3.05) is 24.5 Å². The molecule has 7 nitrogen and oxygen atoms in total. The Morgan fingerprint density at radius 3 is 2.45 bits per heavy atom. The van der Waals surface area contributed by atoms with Crippen LogP contribution in [0.15, 0.2) is 53.4 Å². The van der Waals surface area contributed by atoms with Crippen LogP contribution in [0.3, 0.4) is 0 Å². The topological polar surface area (TPSA) is 86.8 Å². The van der Waals surface area contributed by atoms with Crippen LogP contribution < -0.4 is 10.2 Å². The van der Waals surface area contributed by atoms with Crippen LogP contribution in [-0.2, 0) is 19.6 Å². The van der Waals surface area contributed by atoms with Crippen molar-refractivity contribution >= 4 is 39.1 Å². The molecule has 0 aliphatic carbocycles. The predicted molar refractivity (Wildman–Crippen MR) is 130 cm³/mol. The van der Waals surface area contributed by atoms with E-state index in [0.29, 0.717) is 23.2 Å². The maximum absolute atomic E-state index is 13.5. The van der Waals surface area contributed by atoms with Gasteiger partial charge in [0, 0.05) is 23.8 Å². The summed E-state index contributed by atoms with van der Waals surface area (Å²) >= 11 is 6.10. The molecule has 1 N–H and O–H groups in total. The molecule has 1 heterocycles. The first-order valence-corrected chi connectivity index (χ1v) is 12.7. The van der Waals surface area contributed by atoms with Crippen LogP contribution >= 0.6 is 11.6 Å². The van der Waals surface area contributed by atoms with Gasteiger partial charge in [-0.1, -0.05) is 43.6 Å². The summed E-state index contributed by atoms with van der Waals surface area (Å²) in [4.78, 5) is 28.4. The van der Waals surface area contributed by atoms with Gasteiger partial charge < -0.3 is 5.32 Å². The van der Waals surface area contributed by atoms with Crippen molar-refractivity contribution in [2.24, 2.45) is 5.92 Å². The molecule has 1 aliphatic rings. The Balaban J connectivity index is 2.04. The smallest absolute Gasteiger partial charge is 0.247 e. The summed E-state index contributed by atoms with van der Waals surface area (Å²) in [5.41, 5.74) is -0.202. The Morgan fingerprint density at radius 1 is 1.18 bits per heavy atom. The fourth-order valence-corrected chi connectivity index (χ4v) is 5.71. The summed E-state index contributed by atoms with van der Waals surface area (Å²) < 4.78 is 27.7. The molecule has 2 aromatic carbocycles. The minimum Gasteiger partial charge on any atom is -0.354 e. The zero-order valence-corrected chi connectivity index (χ0v) is 20.9. The molecule has 2 aromatic rings. The van der Waals surface area contributed by atoms with E-state index in [1.54, 1.807) is 50.2 Å². The standard InChI is InChI=1S/C24H30ClN3O4S/c1-17(2)12-13-26-23(30)24(4)16-27(33(31,32)20-8-6-5-7-9-20)15-22(29)28(24)21-11-10-19(25)14-18(21)3/h5-11,14,17H,12-13,15-16H2,1-4H3,(H,26,30)/t24-/m0/s1. The van der Waals surface area contributed by atoms with Crippen molar-refractivity contribution < 1.29 is 18.0 Å². The molecule has 33 heavy (non-hydrogen) atoms. The number of halogens is 1. The van der Waals surface area contributed by atoms with E-state index < -0.39 is 27.4 Å². The quantitative estimate of drug-likeness (QED) is 0.641. The van der Waals surface area contributed by atoms with Crippen molar-refractivity contribution in [1.29, 1.82) is 0 Å². The van der Waals surface area contributed by atoms with Crippen molar-refractivity contribution in [3.8, 4) is 0 Å². The molecule has 0 bridgehead atoms. The third kappa shape index (κ3) is 5.23. The summed E-state index contributed by atoms with van der Waals surface area (Å²) in [5.74, 6) is -0.498. The molecule has 0 radical (unpaired) electrons. The molecule has 1 aliphatic heterocycles. The van der Waals surface area contributed by atoms with Gasteiger partial charge in [0.2, 0.25) is 21.8 Å². The third-order valence-electron chi connectivity index (χ3n) is 5.82. The lowest BCUT2D eigenvalue weighted by molar-refractivity contribution is -0.132. The predicted octanol–water partition coefficient (Wildman–Crippen LogP) is 3.61. The lowest BCUT2D eigenvalue weighted by atomic mass is 9.93. The Bertz CT molecular complexity index is 1140. The number of sulfonamides is 1. The zero-order chi connectivity index (χ0) is 24.4. The maximum Gasteiger partial charge on any atom is 0.247 e. The molecule has 9 heteroatoms. The number of nitrogens with zero attached hydrogens (tertiary/aromatic N) is 2. The minimum atomic E-state index is -3.97. The van der Waals surface area contributed by atoms with Crippen LogP contribution in [-0.4, -0.2) is 49.7 Å². The lowest BCUT2D eigenvalue weighted by Gasteiger charge is -2.47. The van der Waals surface area contributed by atoms with Gasteiger partial charge in [-0.15, -0.1) is 0 Å². The molecular weight excluding hydrogens is 462 g/mol. The second kappa shape index (κ2) is 9.83. The van der Waals surface area contributed by atoms with Gasteiger partial charge in [-0.3, -0.25) is 14.5 Å². The number of anilines is 1. The highest BCUT2D eigenvalue weighted by atomic mass is 35.5. The van der Waals surface area contributed by atoms with E-state index in [-0.39, 0.29) is 18.0 Å². The molecule has 0 saturated carbocycles. The highest BCUT2D eigenvalue weighted by Crippen LogP contribution is 2.35. The summed E-state index contributed by atoms with van der Waals surface area (Å²) in [6, 6.07) is 13.0. The van der Waals surface area contributed by atoms with Crippen molar-refractivity contribution in [3.63, 3.8) is 0 Å². The van der Waals surface area contributed by atoms with E-state index in [1.165, 1.54) is 17.0 Å². The van der Waals surface area contributed by atoms with Gasteiger partial charge in [-0.25, -0.2) is 8.42 Å². The number of nitrogens with one attached hydrogen (secondary N) is 1. The number of piperazine rings is 1. The fourth-order valence-electron chi connectivity index (χ4n) is 3.99. The number of carbonyl (C=O) groups is 2. The first-order chi connectivity index (χ1) is 15.5. The normalized spacial score (nSPS) is 19.7. The summed E-state index contributed by atoms with van der Waals surface area (Å²) in [6.07, 6.45) is 0.766. The van der Waals surface area contributed by atoms with Gasteiger partial charge in [0.1, 0.15) is 5.54 Å². The van der Waals surface area contributed by atoms with Crippen LogP contribution in [0.25, 0.3) is 0 Å². The van der Waals surface area contributed by atoms with Gasteiger partial charge in [0.25, 0.3) is 0 Å². The Hall–Kier alpha value is -2.42. The summed E-state index contributed by atoms with van der Waals surface area (Å²) in [7, 11) is -3.97. The van der Waals surface area contributed by atoms with Crippen LogP contribution in [0.4, 0.5) is 5.69 Å². The van der Waals surface area contributed by atoms with Crippen molar-refractivity contribution in [3.05, 3.63) is 59.1 Å². The number of aryl methyl sites for hydroxylation is 1. The van der Waals surface area contributed by atoms with Crippen molar-refractivity contribution in [2.45, 2.75) is 44.6 Å². The van der Waals surface area contributed by atoms with Gasteiger partial charge >= 0.3 is 0 Å². The third-order valence-corrected chi connectivity index (χ3v) is 7.86. The molecule has 1 atom stereocenters. The molecule has 0 spiro atoms. The van der Waals surface area contributed by atoms with Gasteiger partial charge in [-0.2, -0.15) is 4.31 Å². The number of hydrogen-bond acceptors (Lipinski definition) is 4. The number of rotatable bonds is 7. The van der Waals surface area contributed by atoms with E-state index in [1.807, 2.05) is 0 Å². The number of benzene rings is 2. The summed E-state index contributed by atoms with van der Waals surface area (Å²) in [6.45, 7) is 7.40. The van der Waals surface area contributed by atoms with Gasteiger partial charge in [0.05, 0.1) is 11.4 Å². The fraction of sp³-hybridized carbons (Fsp3) is 0.417.